The topological polar surface area (TPSA) is 48.4 Å². The maximum Gasteiger partial charge on any atom is 0.410 e. The maximum absolute atomic E-state index is 14.7. The van der Waals surface area contributed by atoms with E-state index in [1.807, 2.05) is 51.6 Å². The van der Waals surface area contributed by atoms with E-state index < -0.39 is 5.60 Å². The van der Waals surface area contributed by atoms with E-state index in [1.165, 1.54) is 6.07 Å². The molecule has 0 radical (unpaired) electrons. The van der Waals surface area contributed by atoms with E-state index in [2.05, 4.69) is 4.99 Å². The van der Waals surface area contributed by atoms with Crippen LogP contribution in [0.1, 0.15) is 33.3 Å². The fourth-order valence-corrected chi connectivity index (χ4v) is 2.92. The Morgan fingerprint density at radius 2 is 1.82 bits per heavy atom. The number of hydrogen-bond donors (Lipinski definition) is 0. The van der Waals surface area contributed by atoms with E-state index in [-0.39, 0.29) is 11.9 Å². The molecule has 1 amide bonds. The summed E-state index contributed by atoms with van der Waals surface area (Å²) >= 11 is 5.31. The molecule has 1 heterocycles. The summed E-state index contributed by atoms with van der Waals surface area (Å²) in [5.74, 6) is 0.413. The number of carbonyl (C=O) groups excluding carboxylic acids is 1. The van der Waals surface area contributed by atoms with Crippen LogP contribution in [0.4, 0.5) is 14.9 Å². The molecular formula is C20H29FN4O2S. The quantitative estimate of drug-likeness (QED) is 0.426. The highest BCUT2D eigenvalue weighted by atomic mass is 32.1. The van der Waals surface area contributed by atoms with Crippen LogP contribution < -0.4 is 4.90 Å². The molecule has 1 aromatic rings. The van der Waals surface area contributed by atoms with Gasteiger partial charge in [-0.15, -0.1) is 0 Å². The number of piperazine rings is 1. The lowest BCUT2D eigenvalue weighted by Gasteiger charge is -2.36. The van der Waals surface area contributed by atoms with Gasteiger partial charge in [0.05, 0.1) is 5.69 Å². The summed E-state index contributed by atoms with van der Waals surface area (Å²) in [6.45, 7) is 9.42. The Labute approximate surface area is 172 Å². The van der Waals surface area contributed by atoms with Gasteiger partial charge in [-0.2, -0.15) is 0 Å². The molecule has 1 aromatic carbocycles. The van der Waals surface area contributed by atoms with Crippen LogP contribution in [0, 0.1) is 5.82 Å². The third kappa shape index (κ3) is 5.89. The van der Waals surface area contributed by atoms with Crippen LogP contribution in [-0.4, -0.2) is 72.6 Å². The van der Waals surface area contributed by atoms with Crippen molar-refractivity contribution in [3.8, 4) is 0 Å². The standard InChI is InChI=1S/C20H29FN4O2S/c1-14(23(5)6)22-18(28)15-7-8-17(16(21)13-15)24-9-11-25(12-10-24)19(26)27-20(2,3)4/h7-8,13H,9-12H2,1-6H3/b22-14-. The highest BCUT2D eigenvalue weighted by Crippen LogP contribution is 2.23. The van der Waals surface area contributed by atoms with Crippen molar-refractivity contribution in [3.05, 3.63) is 29.6 Å². The van der Waals surface area contributed by atoms with Crippen LogP contribution >= 0.6 is 12.2 Å². The average Bonchev–Trinajstić information content (AvgIpc) is 2.60. The van der Waals surface area contributed by atoms with Crippen molar-refractivity contribution >= 4 is 34.8 Å². The first-order valence-corrected chi connectivity index (χ1v) is 9.68. The molecule has 8 heteroatoms. The molecule has 28 heavy (non-hydrogen) atoms. The van der Waals surface area contributed by atoms with E-state index in [0.717, 1.165) is 5.84 Å². The van der Waals surface area contributed by atoms with Gasteiger partial charge >= 0.3 is 6.09 Å². The molecule has 0 aromatic heterocycles. The van der Waals surface area contributed by atoms with Crippen molar-refractivity contribution in [2.75, 3.05) is 45.2 Å². The second-order valence-electron chi connectivity index (χ2n) is 7.98. The highest BCUT2D eigenvalue weighted by Gasteiger charge is 2.26. The second-order valence-corrected chi connectivity index (χ2v) is 8.37. The monoisotopic (exact) mass is 408 g/mol. The zero-order chi connectivity index (χ0) is 21.1. The third-order valence-corrected chi connectivity index (χ3v) is 4.70. The summed E-state index contributed by atoms with van der Waals surface area (Å²) < 4.78 is 20.1. The molecular weight excluding hydrogens is 379 g/mol. The fraction of sp³-hybridized carbons (Fsp3) is 0.550. The van der Waals surface area contributed by atoms with Gasteiger partial charge in [0, 0.05) is 45.8 Å². The summed E-state index contributed by atoms with van der Waals surface area (Å²) in [7, 11) is 3.75. The number of rotatable bonds is 2. The SMILES string of the molecule is C/C(=N/C(=S)c1ccc(N2CCN(C(=O)OC(C)(C)C)CC2)c(F)c1)N(C)C. The van der Waals surface area contributed by atoms with Gasteiger partial charge in [0.2, 0.25) is 0 Å². The molecule has 0 spiro atoms. The summed E-state index contributed by atoms with van der Waals surface area (Å²) in [5, 5.41) is 0. The first-order valence-electron chi connectivity index (χ1n) is 9.27. The molecule has 1 saturated heterocycles. The average molecular weight is 409 g/mol. The summed E-state index contributed by atoms with van der Waals surface area (Å²) in [6.07, 6.45) is -0.331. The highest BCUT2D eigenvalue weighted by molar-refractivity contribution is 7.80. The first kappa shape index (κ1) is 22.1. The van der Waals surface area contributed by atoms with Crippen molar-refractivity contribution in [1.29, 1.82) is 0 Å². The normalized spacial score (nSPS) is 15.5. The second kappa shape index (κ2) is 8.86. The van der Waals surface area contributed by atoms with E-state index in [0.29, 0.717) is 42.4 Å². The Bertz CT molecular complexity index is 766. The maximum atomic E-state index is 14.7. The lowest BCUT2D eigenvalue weighted by molar-refractivity contribution is 0.0240. The van der Waals surface area contributed by atoms with Crippen LogP contribution in [0.15, 0.2) is 23.2 Å². The van der Waals surface area contributed by atoms with Gasteiger partial charge in [0.25, 0.3) is 0 Å². The molecule has 154 valence electrons. The van der Waals surface area contributed by atoms with Crippen molar-refractivity contribution in [2.45, 2.75) is 33.3 Å². The number of benzene rings is 1. The summed E-state index contributed by atoms with van der Waals surface area (Å²) in [4.78, 5) is 22.3. The Morgan fingerprint density at radius 3 is 2.32 bits per heavy atom. The van der Waals surface area contributed by atoms with Crippen LogP contribution in [0.3, 0.4) is 0 Å². The number of amidine groups is 1. The molecule has 2 rings (SSSR count). The van der Waals surface area contributed by atoms with Crippen LogP contribution in [0.5, 0.6) is 0 Å². The Morgan fingerprint density at radius 1 is 1.21 bits per heavy atom. The minimum absolute atomic E-state index is 0.331. The van der Waals surface area contributed by atoms with Gasteiger partial charge in [-0.3, -0.25) is 0 Å². The van der Waals surface area contributed by atoms with Gasteiger partial charge in [-0.25, -0.2) is 14.2 Å². The molecule has 0 N–H and O–H groups in total. The van der Waals surface area contributed by atoms with Crippen LogP contribution in [0.2, 0.25) is 0 Å². The summed E-state index contributed by atoms with van der Waals surface area (Å²) in [5.41, 5.74) is 0.552. The van der Waals surface area contributed by atoms with E-state index in [4.69, 9.17) is 17.0 Å². The van der Waals surface area contributed by atoms with E-state index in [9.17, 15) is 9.18 Å². The number of thiocarbonyl (C=S) groups is 1. The summed E-state index contributed by atoms with van der Waals surface area (Å²) in [6, 6.07) is 4.93. The Kier molecular flexibility index (Phi) is 6.98. The van der Waals surface area contributed by atoms with Crippen molar-refractivity contribution in [3.63, 3.8) is 0 Å². The number of nitrogens with zero attached hydrogens (tertiary/aromatic N) is 4. The predicted molar refractivity (Wildman–Crippen MR) is 115 cm³/mol. The fourth-order valence-electron chi connectivity index (χ4n) is 2.66. The van der Waals surface area contributed by atoms with E-state index in [1.54, 1.807) is 17.0 Å². The smallest absolute Gasteiger partial charge is 0.410 e. The Balaban J connectivity index is 2.03. The minimum Gasteiger partial charge on any atom is -0.444 e. The Hall–Kier alpha value is -2.22. The molecule has 1 fully saturated rings. The van der Waals surface area contributed by atoms with Gasteiger partial charge in [-0.05, 0) is 45.9 Å². The zero-order valence-electron chi connectivity index (χ0n) is 17.5. The molecule has 0 atom stereocenters. The lowest BCUT2D eigenvalue weighted by atomic mass is 10.1. The molecule has 1 aliphatic heterocycles. The molecule has 1 aliphatic rings. The minimum atomic E-state index is -0.526. The molecule has 0 saturated carbocycles. The zero-order valence-corrected chi connectivity index (χ0v) is 18.3. The van der Waals surface area contributed by atoms with Crippen molar-refractivity contribution in [2.24, 2.45) is 4.99 Å². The number of hydrogen-bond acceptors (Lipinski definition) is 4. The van der Waals surface area contributed by atoms with Gasteiger partial charge in [0.15, 0.2) is 0 Å². The number of carbonyl (C=O) groups is 1. The predicted octanol–water partition coefficient (Wildman–Crippen LogP) is 3.54. The molecule has 6 nitrogen and oxygen atoms in total. The number of ether oxygens (including phenoxy) is 1. The number of amides is 1. The number of aliphatic imine (C=N–C) groups is 1. The van der Waals surface area contributed by atoms with Crippen molar-refractivity contribution in [1.82, 2.24) is 9.80 Å². The molecule has 0 unspecified atom stereocenters. The van der Waals surface area contributed by atoms with Crippen LogP contribution in [-0.2, 0) is 4.74 Å². The molecule has 0 aliphatic carbocycles. The van der Waals surface area contributed by atoms with E-state index >= 15 is 0 Å². The first-order chi connectivity index (χ1) is 13.0. The van der Waals surface area contributed by atoms with Crippen molar-refractivity contribution < 1.29 is 13.9 Å². The largest absolute Gasteiger partial charge is 0.444 e. The molecule has 0 bridgehead atoms. The van der Waals surface area contributed by atoms with Gasteiger partial charge < -0.3 is 19.4 Å². The van der Waals surface area contributed by atoms with Gasteiger partial charge in [0.1, 0.15) is 22.2 Å². The number of halogens is 1. The lowest BCUT2D eigenvalue weighted by Crippen LogP contribution is -2.50. The van der Waals surface area contributed by atoms with Gasteiger partial charge in [-0.1, -0.05) is 12.2 Å². The number of anilines is 1. The van der Waals surface area contributed by atoms with Crippen LogP contribution in [0.25, 0.3) is 0 Å². The third-order valence-electron chi connectivity index (χ3n) is 4.38.